The van der Waals surface area contributed by atoms with Gasteiger partial charge in [-0.1, -0.05) is 0 Å². The summed E-state index contributed by atoms with van der Waals surface area (Å²) in [7, 11) is 0. The molecule has 0 aliphatic carbocycles. The molecular weight excluding hydrogens is 370 g/mol. The van der Waals surface area contributed by atoms with Crippen molar-refractivity contribution in [2.24, 2.45) is 0 Å². The number of aryl methyl sites for hydroxylation is 1. The van der Waals surface area contributed by atoms with E-state index in [4.69, 9.17) is 14.6 Å². The van der Waals surface area contributed by atoms with Crippen LogP contribution in [-0.2, 0) is 11.3 Å². The Hall–Kier alpha value is -3.11. The topological polar surface area (TPSA) is 139 Å². The standard InChI is InChI=1S/C18H21N3O7/c1-2-21-7-12(18(26)20-6-16(24)19-5-10(23)8-22)17(25)11-3-14-15(4-13(11)21)28-9-27-14/h3-4,7,10,22-23H,2,5-6,8-9H2,1H3,(H,19,24)(H,20,26)/t10-/m0/s1. The van der Waals surface area contributed by atoms with Crippen LogP contribution in [-0.4, -0.2) is 59.2 Å². The molecule has 4 N–H and O–H groups in total. The second kappa shape index (κ2) is 8.28. The van der Waals surface area contributed by atoms with Crippen molar-refractivity contribution < 1.29 is 29.3 Å². The van der Waals surface area contributed by atoms with Crippen molar-refractivity contribution in [2.45, 2.75) is 19.6 Å². The third-order valence-electron chi connectivity index (χ3n) is 4.31. The van der Waals surface area contributed by atoms with Crippen molar-refractivity contribution in [1.29, 1.82) is 0 Å². The molecule has 10 nitrogen and oxygen atoms in total. The van der Waals surface area contributed by atoms with Crippen molar-refractivity contribution in [1.82, 2.24) is 15.2 Å². The average Bonchev–Trinajstić information content (AvgIpc) is 3.16. The number of nitrogens with zero attached hydrogens (tertiary/aromatic N) is 1. The monoisotopic (exact) mass is 391 g/mol. The Morgan fingerprint density at radius 2 is 1.96 bits per heavy atom. The van der Waals surface area contributed by atoms with Crippen molar-refractivity contribution >= 4 is 22.7 Å². The number of aliphatic hydroxyl groups is 2. The molecule has 1 aromatic carbocycles. The Balaban J connectivity index is 1.81. The number of carbonyl (C=O) groups excluding carboxylic acids is 2. The van der Waals surface area contributed by atoms with Gasteiger partial charge in [-0.15, -0.1) is 0 Å². The molecule has 0 unspecified atom stereocenters. The highest BCUT2D eigenvalue weighted by atomic mass is 16.7. The van der Waals surface area contributed by atoms with Gasteiger partial charge in [0.25, 0.3) is 5.91 Å². The van der Waals surface area contributed by atoms with Crippen molar-refractivity contribution in [3.05, 3.63) is 34.1 Å². The van der Waals surface area contributed by atoms with Crippen LogP contribution in [0.1, 0.15) is 17.3 Å². The SMILES string of the molecule is CCn1cc(C(=O)NCC(=O)NC[C@H](O)CO)c(=O)c2cc3c(cc21)OCO3. The fraction of sp³-hybridized carbons (Fsp3) is 0.389. The molecule has 1 atom stereocenters. The number of hydrogen-bond donors (Lipinski definition) is 4. The van der Waals surface area contributed by atoms with Gasteiger partial charge >= 0.3 is 0 Å². The molecule has 0 spiro atoms. The molecule has 0 saturated carbocycles. The number of amides is 2. The van der Waals surface area contributed by atoms with Crippen molar-refractivity contribution in [2.75, 3.05) is 26.5 Å². The molecule has 1 aliphatic heterocycles. The third-order valence-corrected chi connectivity index (χ3v) is 4.31. The van der Waals surface area contributed by atoms with Gasteiger partial charge in [0.15, 0.2) is 11.5 Å². The maximum absolute atomic E-state index is 12.8. The van der Waals surface area contributed by atoms with Gasteiger partial charge in [-0.25, -0.2) is 0 Å². The summed E-state index contributed by atoms with van der Waals surface area (Å²) >= 11 is 0. The van der Waals surface area contributed by atoms with E-state index in [1.165, 1.54) is 6.20 Å². The summed E-state index contributed by atoms with van der Waals surface area (Å²) in [4.78, 5) is 37.0. The van der Waals surface area contributed by atoms with Crippen LogP contribution in [0.2, 0.25) is 0 Å². The van der Waals surface area contributed by atoms with Crippen LogP contribution in [0.25, 0.3) is 10.9 Å². The zero-order valence-corrected chi connectivity index (χ0v) is 15.2. The van der Waals surface area contributed by atoms with E-state index in [1.807, 2.05) is 6.92 Å². The van der Waals surface area contributed by atoms with Crippen LogP contribution < -0.4 is 25.5 Å². The number of carbonyl (C=O) groups is 2. The zero-order valence-electron chi connectivity index (χ0n) is 15.2. The second-order valence-electron chi connectivity index (χ2n) is 6.20. The molecule has 150 valence electrons. The number of rotatable bonds is 7. The summed E-state index contributed by atoms with van der Waals surface area (Å²) in [6.45, 7) is 1.45. The van der Waals surface area contributed by atoms with Gasteiger partial charge in [0.1, 0.15) is 5.56 Å². The van der Waals surface area contributed by atoms with Gasteiger partial charge in [0.2, 0.25) is 18.1 Å². The minimum absolute atomic E-state index is 0.0689. The van der Waals surface area contributed by atoms with Gasteiger partial charge in [0.05, 0.1) is 30.2 Å². The zero-order chi connectivity index (χ0) is 20.3. The van der Waals surface area contributed by atoms with E-state index < -0.39 is 30.0 Å². The Bertz CT molecular complexity index is 970. The average molecular weight is 391 g/mol. The van der Waals surface area contributed by atoms with Gasteiger partial charge in [-0.3, -0.25) is 14.4 Å². The van der Waals surface area contributed by atoms with E-state index in [9.17, 15) is 19.5 Å². The maximum atomic E-state index is 12.8. The first-order chi connectivity index (χ1) is 13.4. The van der Waals surface area contributed by atoms with Crippen LogP contribution in [0, 0.1) is 0 Å². The lowest BCUT2D eigenvalue weighted by Gasteiger charge is -2.13. The molecule has 0 bridgehead atoms. The minimum Gasteiger partial charge on any atom is -0.454 e. The molecule has 2 amide bonds. The molecule has 1 aliphatic rings. The number of fused-ring (bicyclic) bond motifs is 2. The second-order valence-corrected chi connectivity index (χ2v) is 6.20. The number of nitrogens with one attached hydrogen (secondary N) is 2. The van der Waals surface area contributed by atoms with Gasteiger partial charge in [0, 0.05) is 25.4 Å². The van der Waals surface area contributed by atoms with Crippen LogP contribution in [0.4, 0.5) is 0 Å². The number of aromatic nitrogens is 1. The first-order valence-electron chi connectivity index (χ1n) is 8.75. The summed E-state index contributed by atoms with van der Waals surface area (Å²) in [5, 5.41) is 23.0. The fourth-order valence-electron chi connectivity index (χ4n) is 2.82. The van der Waals surface area contributed by atoms with E-state index in [1.54, 1.807) is 16.7 Å². The lowest BCUT2D eigenvalue weighted by Crippen LogP contribution is -2.41. The summed E-state index contributed by atoms with van der Waals surface area (Å²) < 4.78 is 12.4. The molecule has 0 fully saturated rings. The Labute approximate surface area is 159 Å². The smallest absolute Gasteiger partial charge is 0.257 e. The molecule has 10 heteroatoms. The lowest BCUT2D eigenvalue weighted by atomic mass is 10.1. The van der Waals surface area contributed by atoms with Crippen molar-refractivity contribution in [3.63, 3.8) is 0 Å². The van der Waals surface area contributed by atoms with Crippen LogP contribution in [0.15, 0.2) is 23.1 Å². The van der Waals surface area contributed by atoms with Crippen LogP contribution >= 0.6 is 0 Å². The van der Waals surface area contributed by atoms with E-state index in [0.29, 0.717) is 28.9 Å². The lowest BCUT2D eigenvalue weighted by molar-refractivity contribution is -0.120. The van der Waals surface area contributed by atoms with E-state index >= 15 is 0 Å². The molecule has 28 heavy (non-hydrogen) atoms. The number of hydrogen-bond acceptors (Lipinski definition) is 7. The summed E-state index contributed by atoms with van der Waals surface area (Å²) in [5.74, 6) is -0.273. The summed E-state index contributed by atoms with van der Waals surface area (Å²) in [6, 6.07) is 3.25. The molecule has 0 radical (unpaired) electrons. The first kappa shape index (κ1) is 19.6. The van der Waals surface area contributed by atoms with E-state index in [-0.39, 0.29) is 25.4 Å². The normalized spacial score (nSPS) is 13.4. The Kier molecular flexibility index (Phi) is 5.81. The first-order valence-corrected chi connectivity index (χ1v) is 8.75. The molecule has 0 saturated heterocycles. The van der Waals surface area contributed by atoms with E-state index in [2.05, 4.69) is 10.6 Å². The number of benzene rings is 1. The number of ether oxygens (including phenoxy) is 2. The van der Waals surface area contributed by atoms with Gasteiger partial charge < -0.3 is 34.9 Å². The highest BCUT2D eigenvalue weighted by Gasteiger charge is 2.21. The highest BCUT2D eigenvalue weighted by molar-refractivity contribution is 5.99. The number of pyridine rings is 1. The summed E-state index contributed by atoms with van der Waals surface area (Å²) in [5.41, 5.74) is 0.0343. The Morgan fingerprint density at radius 1 is 1.25 bits per heavy atom. The quantitative estimate of drug-likeness (QED) is 0.472. The maximum Gasteiger partial charge on any atom is 0.257 e. The molecule has 3 rings (SSSR count). The van der Waals surface area contributed by atoms with Gasteiger partial charge in [-0.05, 0) is 13.0 Å². The van der Waals surface area contributed by atoms with E-state index in [0.717, 1.165) is 0 Å². The van der Waals surface area contributed by atoms with Gasteiger partial charge in [-0.2, -0.15) is 0 Å². The predicted molar refractivity (Wildman–Crippen MR) is 98.4 cm³/mol. The predicted octanol–water partition coefficient (Wildman–Crippen LogP) is -1.05. The summed E-state index contributed by atoms with van der Waals surface area (Å²) in [6.07, 6.45) is 0.361. The van der Waals surface area contributed by atoms with Crippen LogP contribution in [0.3, 0.4) is 0 Å². The molecular formula is C18H21N3O7. The Morgan fingerprint density at radius 3 is 2.64 bits per heavy atom. The number of aliphatic hydroxyl groups excluding tert-OH is 2. The largest absolute Gasteiger partial charge is 0.454 e. The highest BCUT2D eigenvalue weighted by Crippen LogP contribution is 2.35. The molecule has 2 aromatic rings. The molecule has 1 aromatic heterocycles. The third kappa shape index (κ3) is 3.92. The van der Waals surface area contributed by atoms with Crippen LogP contribution in [0.5, 0.6) is 11.5 Å². The fourth-order valence-corrected chi connectivity index (χ4v) is 2.82. The molecule has 2 heterocycles. The van der Waals surface area contributed by atoms with Crippen molar-refractivity contribution in [3.8, 4) is 11.5 Å². The minimum atomic E-state index is -1.08.